The van der Waals surface area contributed by atoms with Gasteiger partial charge in [0.2, 0.25) is 5.91 Å². The molecule has 4 rings (SSSR count). The Kier molecular flexibility index (Phi) is 6.81. The molecule has 3 aromatic rings. The molecule has 1 N–H and O–H groups in total. The molecular weight excluding hydrogens is 418 g/mol. The van der Waals surface area contributed by atoms with Crippen molar-refractivity contribution >= 4 is 34.1 Å². The molecule has 0 spiro atoms. The molecule has 0 saturated carbocycles. The fraction of sp³-hybridized carbons (Fsp3) is 0.429. The summed E-state index contributed by atoms with van der Waals surface area (Å²) in [6.45, 7) is 5.75. The van der Waals surface area contributed by atoms with E-state index in [-0.39, 0.29) is 23.7 Å². The first-order valence-corrected chi connectivity index (χ1v) is 11.9. The third kappa shape index (κ3) is 5.08. The van der Waals surface area contributed by atoms with Gasteiger partial charge in [-0.25, -0.2) is 4.98 Å². The minimum atomic E-state index is -0.105. The predicted octanol–water partition coefficient (Wildman–Crippen LogP) is 4.43. The SMILES string of the molecule is CC(C)c1nnc(SCC(=O)Nc2nc(-c3ccccc3)cs2)n1C[C@H]1CCCO1. The van der Waals surface area contributed by atoms with Gasteiger partial charge in [0, 0.05) is 23.5 Å². The van der Waals surface area contributed by atoms with Crippen molar-refractivity contribution in [2.24, 2.45) is 0 Å². The second-order valence-corrected chi connectivity index (χ2v) is 9.28. The molecule has 9 heteroatoms. The summed E-state index contributed by atoms with van der Waals surface area (Å²) < 4.78 is 7.89. The number of hydrogen-bond donors (Lipinski definition) is 1. The normalized spacial score (nSPS) is 16.3. The van der Waals surface area contributed by atoms with Gasteiger partial charge in [0.15, 0.2) is 10.3 Å². The Hall–Kier alpha value is -2.23. The van der Waals surface area contributed by atoms with Crippen molar-refractivity contribution < 1.29 is 9.53 Å². The number of anilines is 1. The first-order chi connectivity index (χ1) is 14.6. The molecule has 1 saturated heterocycles. The van der Waals surface area contributed by atoms with Crippen LogP contribution in [0.4, 0.5) is 5.13 Å². The summed E-state index contributed by atoms with van der Waals surface area (Å²) in [6.07, 6.45) is 2.33. The molecule has 1 atom stereocenters. The average molecular weight is 444 g/mol. The molecule has 2 aromatic heterocycles. The van der Waals surface area contributed by atoms with E-state index in [4.69, 9.17) is 4.74 Å². The molecule has 3 heterocycles. The fourth-order valence-electron chi connectivity index (χ4n) is 3.36. The van der Waals surface area contributed by atoms with Crippen LogP contribution in [-0.2, 0) is 16.1 Å². The van der Waals surface area contributed by atoms with Gasteiger partial charge in [-0.15, -0.1) is 21.5 Å². The second-order valence-electron chi connectivity index (χ2n) is 7.48. The third-order valence-electron chi connectivity index (χ3n) is 4.82. The van der Waals surface area contributed by atoms with Crippen LogP contribution in [-0.4, -0.2) is 44.1 Å². The van der Waals surface area contributed by atoms with E-state index < -0.39 is 0 Å². The van der Waals surface area contributed by atoms with Gasteiger partial charge in [0.1, 0.15) is 5.82 Å². The number of aromatic nitrogens is 4. The zero-order valence-corrected chi connectivity index (χ0v) is 18.7. The van der Waals surface area contributed by atoms with Gasteiger partial charge in [-0.1, -0.05) is 55.9 Å². The maximum absolute atomic E-state index is 12.5. The van der Waals surface area contributed by atoms with Crippen LogP contribution < -0.4 is 5.32 Å². The van der Waals surface area contributed by atoms with Crippen molar-refractivity contribution in [1.82, 2.24) is 19.7 Å². The van der Waals surface area contributed by atoms with Crippen LogP contribution in [0.15, 0.2) is 40.9 Å². The number of nitrogens with zero attached hydrogens (tertiary/aromatic N) is 4. The van der Waals surface area contributed by atoms with E-state index in [1.54, 1.807) is 0 Å². The summed E-state index contributed by atoms with van der Waals surface area (Å²) in [4.78, 5) is 17.0. The lowest BCUT2D eigenvalue weighted by molar-refractivity contribution is -0.113. The number of hydrogen-bond acceptors (Lipinski definition) is 7. The quantitative estimate of drug-likeness (QED) is 0.519. The standard InChI is InChI=1S/C21H25N5O2S2/c1-14(2)19-24-25-21(26(19)11-16-9-6-10-28-16)30-13-18(27)23-20-22-17(12-29-20)15-7-4-3-5-8-15/h3-5,7-8,12,14,16H,6,9-11,13H2,1-2H3,(H,22,23,27)/t16-/m1/s1. The molecule has 0 bridgehead atoms. The minimum absolute atomic E-state index is 0.105. The summed E-state index contributed by atoms with van der Waals surface area (Å²) in [5.74, 6) is 1.34. The number of carbonyl (C=O) groups excluding carboxylic acids is 1. The van der Waals surface area contributed by atoms with Gasteiger partial charge >= 0.3 is 0 Å². The topological polar surface area (TPSA) is 81.9 Å². The molecule has 1 aliphatic heterocycles. The lowest BCUT2D eigenvalue weighted by Crippen LogP contribution is -2.19. The van der Waals surface area contributed by atoms with Crippen LogP contribution >= 0.6 is 23.1 Å². The first-order valence-electron chi connectivity index (χ1n) is 10.1. The Morgan fingerprint density at radius 3 is 2.90 bits per heavy atom. The van der Waals surface area contributed by atoms with Gasteiger partial charge in [-0.05, 0) is 12.8 Å². The van der Waals surface area contributed by atoms with E-state index in [0.29, 0.717) is 5.13 Å². The van der Waals surface area contributed by atoms with E-state index in [1.165, 1.54) is 23.1 Å². The lowest BCUT2D eigenvalue weighted by atomic mass is 10.2. The number of carbonyl (C=O) groups is 1. The van der Waals surface area contributed by atoms with E-state index in [0.717, 1.165) is 48.2 Å². The monoisotopic (exact) mass is 443 g/mol. The highest BCUT2D eigenvalue weighted by atomic mass is 32.2. The maximum atomic E-state index is 12.5. The van der Waals surface area contributed by atoms with Crippen molar-refractivity contribution in [1.29, 1.82) is 0 Å². The fourth-order valence-corrected chi connectivity index (χ4v) is 4.85. The largest absolute Gasteiger partial charge is 0.376 e. The highest BCUT2D eigenvalue weighted by Crippen LogP contribution is 2.26. The summed E-state index contributed by atoms with van der Waals surface area (Å²) >= 11 is 2.82. The van der Waals surface area contributed by atoms with Crippen LogP contribution in [0.25, 0.3) is 11.3 Å². The number of nitrogens with one attached hydrogen (secondary N) is 1. The van der Waals surface area contributed by atoms with E-state index in [9.17, 15) is 4.79 Å². The molecule has 0 radical (unpaired) electrons. The molecule has 1 amide bonds. The van der Waals surface area contributed by atoms with Crippen molar-refractivity contribution in [3.05, 3.63) is 41.5 Å². The van der Waals surface area contributed by atoms with Crippen LogP contribution in [0, 0.1) is 0 Å². The summed E-state index contributed by atoms with van der Waals surface area (Å²) in [6, 6.07) is 9.93. The molecule has 0 aliphatic carbocycles. The van der Waals surface area contributed by atoms with Crippen LogP contribution in [0.1, 0.15) is 38.4 Å². The molecule has 158 valence electrons. The van der Waals surface area contributed by atoms with Gasteiger partial charge in [-0.2, -0.15) is 0 Å². The average Bonchev–Trinajstić information content (AvgIpc) is 3.49. The third-order valence-corrected chi connectivity index (χ3v) is 6.55. The number of thioether (sulfide) groups is 1. The zero-order valence-electron chi connectivity index (χ0n) is 17.1. The van der Waals surface area contributed by atoms with Gasteiger partial charge in [0.25, 0.3) is 0 Å². The van der Waals surface area contributed by atoms with E-state index in [2.05, 4.69) is 38.9 Å². The van der Waals surface area contributed by atoms with Gasteiger partial charge in [-0.3, -0.25) is 4.79 Å². The minimum Gasteiger partial charge on any atom is -0.376 e. The number of amides is 1. The Balaban J connectivity index is 1.37. The molecular formula is C21H25N5O2S2. The maximum Gasteiger partial charge on any atom is 0.236 e. The van der Waals surface area contributed by atoms with Crippen LogP contribution in [0.2, 0.25) is 0 Å². The Morgan fingerprint density at radius 1 is 1.33 bits per heavy atom. The molecule has 7 nitrogen and oxygen atoms in total. The highest BCUT2D eigenvalue weighted by Gasteiger charge is 2.22. The number of ether oxygens (including phenoxy) is 1. The zero-order chi connectivity index (χ0) is 20.9. The van der Waals surface area contributed by atoms with Crippen molar-refractivity contribution in [2.45, 2.75) is 50.4 Å². The van der Waals surface area contributed by atoms with Crippen LogP contribution in [0.3, 0.4) is 0 Å². The van der Waals surface area contributed by atoms with Crippen molar-refractivity contribution in [2.75, 3.05) is 17.7 Å². The van der Waals surface area contributed by atoms with Gasteiger partial charge < -0.3 is 14.6 Å². The summed E-state index contributed by atoms with van der Waals surface area (Å²) in [5.41, 5.74) is 1.90. The molecule has 30 heavy (non-hydrogen) atoms. The summed E-state index contributed by atoms with van der Waals surface area (Å²) in [5, 5.41) is 14.9. The molecule has 0 unspecified atom stereocenters. The van der Waals surface area contributed by atoms with Crippen molar-refractivity contribution in [3.8, 4) is 11.3 Å². The van der Waals surface area contributed by atoms with E-state index in [1.807, 2.05) is 35.7 Å². The highest BCUT2D eigenvalue weighted by molar-refractivity contribution is 7.99. The number of thiazole rings is 1. The first kappa shape index (κ1) is 21.0. The molecule has 1 aromatic carbocycles. The Bertz CT molecular complexity index is 980. The van der Waals surface area contributed by atoms with Crippen LogP contribution in [0.5, 0.6) is 0 Å². The van der Waals surface area contributed by atoms with Crippen molar-refractivity contribution in [3.63, 3.8) is 0 Å². The molecule has 1 fully saturated rings. The predicted molar refractivity (Wildman–Crippen MR) is 120 cm³/mol. The summed E-state index contributed by atoms with van der Waals surface area (Å²) in [7, 11) is 0. The lowest BCUT2D eigenvalue weighted by Gasteiger charge is -2.15. The Labute approximate surface area is 184 Å². The second kappa shape index (κ2) is 9.72. The smallest absolute Gasteiger partial charge is 0.236 e. The number of benzene rings is 1. The molecule has 1 aliphatic rings. The number of rotatable bonds is 8. The van der Waals surface area contributed by atoms with E-state index >= 15 is 0 Å². The van der Waals surface area contributed by atoms with Gasteiger partial charge in [0.05, 0.1) is 24.1 Å². The Morgan fingerprint density at radius 2 is 2.17 bits per heavy atom.